The molecule has 0 aliphatic carbocycles. The maximum Gasteiger partial charge on any atom is 0.294 e. The molecule has 0 unspecified atom stereocenters. The van der Waals surface area contributed by atoms with Gasteiger partial charge in [0.25, 0.3) is 18.1 Å². The van der Waals surface area contributed by atoms with E-state index in [-0.39, 0.29) is 47.0 Å². The van der Waals surface area contributed by atoms with Gasteiger partial charge in [-0.1, -0.05) is 12.1 Å². The van der Waals surface area contributed by atoms with Crippen molar-refractivity contribution in [3.8, 4) is 0 Å². The number of hydrogen-bond acceptors (Lipinski definition) is 4. The third-order valence-electron chi connectivity index (χ3n) is 6.19. The number of carbonyl (C=O) groups is 1. The SMILES string of the molecule is Cc1cc(C(F)F)n2nc(C(=O)N3[C@@H]4CC[C@H]3C[C@@H](c3ccc(F)cc3)C4)nc2n1. The molecule has 1 aromatic carbocycles. The van der Waals surface area contributed by atoms with Crippen molar-refractivity contribution in [1.82, 2.24) is 24.5 Å². The maximum absolute atomic E-state index is 13.4. The number of alkyl halides is 2. The van der Waals surface area contributed by atoms with Crippen molar-refractivity contribution in [3.63, 3.8) is 0 Å². The molecule has 0 radical (unpaired) electrons. The summed E-state index contributed by atoms with van der Waals surface area (Å²) in [4.78, 5) is 23.3. The van der Waals surface area contributed by atoms with Crippen molar-refractivity contribution >= 4 is 11.7 Å². The molecule has 3 aromatic rings. The van der Waals surface area contributed by atoms with Gasteiger partial charge in [0.05, 0.1) is 0 Å². The molecule has 156 valence electrons. The van der Waals surface area contributed by atoms with Crippen LogP contribution in [0.4, 0.5) is 13.2 Å². The number of hydrogen-bond donors (Lipinski definition) is 0. The Bertz CT molecular complexity index is 1100. The van der Waals surface area contributed by atoms with Gasteiger partial charge < -0.3 is 4.90 Å². The highest BCUT2D eigenvalue weighted by molar-refractivity contribution is 5.91. The van der Waals surface area contributed by atoms with E-state index in [0.717, 1.165) is 35.8 Å². The van der Waals surface area contributed by atoms with Gasteiger partial charge in [-0.2, -0.15) is 9.50 Å². The fourth-order valence-corrected chi connectivity index (χ4v) is 4.89. The number of rotatable bonds is 3. The monoisotopic (exact) mass is 415 g/mol. The Labute approximate surface area is 170 Å². The van der Waals surface area contributed by atoms with E-state index >= 15 is 0 Å². The Morgan fingerprint density at radius 3 is 2.40 bits per heavy atom. The van der Waals surface area contributed by atoms with Crippen molar-refractivity contribution in [2.45, 2.75) is 57.0 Å². The predicted molar refractivity (Wildman–Crippen MR) is 102 cm³/mol. The van der Waals surface area contributed by atoms with Crippen LogP contribution in [-0.2, 0) is 0 Å². The molecule has 3 atom stereocenters. The maximum atomic E-state index is 13.4. The zero-order chi connectivity index (χ0) is 21.0. The molecule has 30 heavy (non-hydrogen) atoms. The van der Waals surface area contributed by atoms with Gasteiger partial charge in [0.15, 0.2) is 0 Å². The van der Waals surface area contributed by atoms with Crippen LogP contribution < -0.4 is 0 Å². The van der Waals surface area contributed by atoms with Gasteiger partial charge in [0.2, 0.25) is 5.82 Å². The molecule has 1 amide bonds. The summed E-state index contributed by atoms with van der Waals surface area (Å²) in [6.07, 6.45) is 0.561. The molecule has 2 aromatic heterocycles. The van der Waals surface area contributed by atoms with Gasteiger partial charge >= 0.3 is 0 Å². The Kier molecular flexibility index (Phi) is 4.48. The second-order valence-electron chi connectivity index (χ2n) is 8.09. The lowest BCUT2D eigenvalue weighted by Gasteiger charge is -2.38. The van der Waals surface area contributed by atoms with Gasteiger partial charge in [0, 0.05) is 17.8 Å². The number of carbonyl (C=O) groups excluding carboxylic acids is 1. The lowest BCUT2D eigenvalue weighted by molar-refractivity contribution is 0.0558. The fraction of sp³-hybridized carbons (Fsp3) is 0.429. The van der Waals surface area contributed by atoms with Crippen LogP contribution in [0.5, 0.6) is 0 Å². The largest absolute Gasteiger partial charge is 0.330 e. The summed E-state index contributed by atoms with van der Waals surface area (Å²) in [6.45, 7) is 1.60. The smallest absolute Gasteiger partial charge is 0.294 e. The van der Waals surface area contributed by atoms with Crippen LogP contribution in [0.1, 0.15) is 65.6 Å². The van der Waals surface area contributed by atoms with Crippen molar-refractivity contribution in [2.75, 3.05) is 0 Å². The van der Waals surface area contributed by atoms with Crippen molar-refractivity contribution in [3.05, 3.63) is 58.9 Å². The van der Waals surface area contributed by atoms with Crippen molar-refractivity contribution < 1.29 is 18.0 Å². The van der Waals surface area contributed by atoms with E-state index in [1.807, 2.05) is 4.90 Å². The summed E-state index contributed by atoms with van der Waals surface area (Å²) in [5.74, 6) is -0.451. The van der Waals surface area contributed by atoms with Crippen LogP contribution in [0.3, 0.4) is 0 Å². The van der Waals surface area contributed by atoms with Gasteiger partial charge in [-0.3, -0.25) is 4.79 Å². The first-order chi connectivity index (χ1) is 14.4. The lowest BCUT2D eigenvalue weighted by atomic mass is 9.85. The van der Waals surface area contributed by atoms with E-state index in [1.54, 1.807) is 19.1 Å². The molecule has 5 rings (SSSR count). The predicted octanol–water partition coefficient (Wildman–Crippen LogP) is 4.06. The van der Waals surface area contributed by atoms with Gasteiger partial charge in [-0.15, -0.1) is 5.10 Å². The average molecular weight is 415 g/mol. The molecule has 6 nitrogen and oxygen atoms in total. The van der Waals surface area contributed by atoms with E-state index in [9.17, 15) is 18.0 Å². The third kappa shape index (κ3) is 3.12. The van der Waals surface area contributed by atoms with Crippen LogP contribution in [0.15, 0.2) is 30.3 Å². The fourth-order valence-electron chi connectivity index (χ4n) is 4.89. The Morgan fingerprint density at radius 2 is 1.77 bits per heavy atom. The number of nitrogens with zero attached hydrogens (tertiary/aromatic N) is 5. The summed E-state index contributed by atoms with van der Waals surface area (Å²) in [5.41, 5.74) is 1.14. The first-order valence-corrected chi connectivity index (χ1v) is 10.0. The minimum absolute atomic E-state index is 0.00203. The highest BCUT2D eigenvalue weighted by atomic mass is 19.3. The zero-order valence-corrected chi connectivity index (χ0v) is 16.3. The molecule has 0 saturated carbocycles. The number of halogens is 3. The summed E-state index contributed by atoms with van der Waals surface area (Å²) in [5, 5.41) is 4.06. The zero-order valence-electron chi connectivity index (χ0n) is 16.3. The van der Waals surface area contributed by atoms with Gasteiger partial charge in [-0.25, -0.2) is 18.2 Å². The van der Waals surface area contributed by atoms with Crippen LogP contribution in [-0.4, -0.2) is 42.5 Å². The third-order valence-corrected chi connectivity index (χ3v) is 6.19. The van der Waals surface area contributed by atoms with Crippen LogP contribution in [0.25, 0.3) is 5.78 Å². The quantitative estimate of drug-likeness (QED) is 0.647. The van der Waals surface area contributed by atoms with E-state index in [4.69, 9.17) is 0 Å². The average Bonchev–Trinajstić information content (AvgIpc) is 3.25. The lowest BCUT2D eigenvalue weighted by Crippen LogP contribution is -2.46. The van der Waals surface area contributed by atoms with E-state index in [0.29, 0.717) is 5.69 Å². The van der Waals surface area contributed by atoms with Crippen LogP contribution in [0, 0.1) is 12.7 Å². The van der Waals surface area contributed by atoms with E-state index in [2.05, 4.69) is 15.1 Å². The number of benzene rings is 1. The van der Waals surface area contributed by atoms with E-state index < -0.39 is 6.43 Å². The van der Waals surface area contributed by atoms with Crippen LogP contribution in [0.2, 0.25) is 0 Å². The Balaban J connectivity index is 1.42. The first kappa shape index (κ1) is 19.0. The molecule has 2 saturated heterocycles. The molecule has 0 N–H and O–H groups in total. The highest BCUT2D eigenvalue weighted by Gasteiger charge is 2.44. The number of fused-ring (bicyclic) bond motifs is 3. The van der Waals surface area contributed by atoms with Gasteiger partial charge in [0.1, 0.15) is 11.5 Å². The Hall–Kier alpha value is -2.97. The van der Waals surface area contributed by atoms with Crippen molar-refractivity contribution in [1.29, 1.82) is 0 Å². The summed E-state index contributed by atoms with van der Waals surface area (Å²) < 4.78 is 40.9. The minimum Gasteiger partial charge on any atom is -0.330 e. The second kappa shape index (κ2) is 7.07. The number of piperidine rings is 1. The highest BCUT2D eigenvalue weighted by Crippen LogP contribution is 2.43. The Morgan fingerprint density at radius 1 is 1.10 bits per heavy atom. The normalized spacial score (nSPS) is 23.5. The number of aryl methyl sites for hydroxylation is 1. The molecule has 2 fully saturated rings. The molecular formula is C21H20F3N5O. The summed E-state index contributed by atoms with van der Waals surface area (Å²) in [6, 6.07) is 7.85. The molecule has 2 aliphatic heterocycles. The first-order valence-electron chi connectivity index (χ1n) is 10.0. The summed E-state index contributed by atoms with van der Waals surface area (Å²) >= 11 is 0. The molecule has 2 bridgehead atoms. The second-order valence-corrected chi connectivity index (χ2v) is 8.09. The molecule has 9 heteroatoms. The number of aromatic nitrogens is 4. The summed E-state index contributed by atoms with van der Waals surface area (Å²) in [7, 11) is 0. The molecule has 4 heterocycles. The minimum atomic E-state index is -2.75. The number of amides is 1. The molecular weight excluding hydrogens is 395 g/mol. The standard InChI is InChI=1S/C21H20F3N5O/c1-11-8-17(18(23)24)29-21(25-11)26-19(27-29)20(30)28-15-6-7-16(28)10-13(9-15)12-2-4-14(22)5-3-12/h2-5,8,13,15-16,18H,6-7,9-10H2,1H3/t13-,15+,16-. The van der Waals surface area contributed by atoms with Gasteiger partial charge in [-0.05, 0) is 62.3 Å². The molecule has 2 aliphatic rings. The van der Waals surface area contributed by atoms with Crippen molar-refractivity contribution in [2.24, 2.45) is 0 Å². The van der Waals surface area contributed by atoms with E-state index in [1.165, 1.54) is 18.2 Å². The van der Waals surface area contributed by atoms with Crippen LogP contribution >= 0.6 is 0 Å². The molecule has 0 spiro atoms. The topological polar surface area (TPSA) is 63.4 Å².